The highest BCUT2D eigenvalue weighted by Gasteiger charge is 2.21. The zero-order valence-corrected chi connectivity index (χ0v) is 21.5. The van der Waals surface area contributed by atoms with Gasteiger partial charge in [-0.3, -0.25) is 19.8 Å². The number of piperidine rings is 1. The Labute approximate surface area is 210 Å². The van der Waals surface area contributed by atoms with E-state index in [1.54, 1.807) is 11.4 Å². The summed E-state index contributed by atoms with van der Waals surface area (Å²) in [6.07, 6.45) is 3.51. The van der Waals surface area contributed by atoms with Crippen molar-refractivity contribution in [3.05, 3.63) is 28.8 Å². The van der Waals surface area contributed by atoms with Gasteiger partial charge in [-0.15, -0.1) is 36.2 Å². The van der Waals surface area contributed by atoms with Gasteiger partial charge in [-0.25, -0.2) is 4.98 Å². The maximum atomic E-state index is 12.8. The van der Waals surface area contributed by atoms with Crippen molar-refractivity contribution in [3.63, 3.8) is 0 Å². The lowest BCUT2D eigenvalue weighted by molar-refractivity contribution is 0.0875. The van der Waals surface area contributed by atoms with E-state index in [1.165, 1.54) is 45.2 Å². The monoisotopic (exact) mass is 520 g/mol. The van der Waals surface area contributed by atoms with Crippen molar-refractivity contribution in [3.8, 4) is 17.2 Å². The van der Waals surface area contributed by atoms with Crippen molar-refractivity contribution < 1.29 is 23.8 Å². The molecule has 1 saturated heterocycles. The number of carbonyl (C=O) groups excluding carboxylic acids is 2. The third-order valence-corrected chi connectivity index (χ3v) is 6.05. The van der Waals surface area contributed by atoms with Gasteiger partial charge in [-0.1, -0.05) is 6.42 Å². The van der Waals surface area contributed by atoms with Crippen molar-refractivity contribution in [1.82, 2.24) is 15.2 Å². The lowest BCUT2D eigenvalue weighted by Gasteiger charge is -2.33. The molecule has 33 heavy (non-hydrogen) atoms. The van der Waals surface area contributed by atoms with E-state index in [1.807, 2.05) is 0 Å². The summed E-state index contributed by atoms with van der Waals surface area (Å²) in [7, 11) is 4.46. The summed E-state index contributed by atoms with van der Waals surface area (Å²) in [6, 6.07) is 3.57. The molecule has 0 spiro atoms. The van der Waals surface area contributed by atoms with E-state index in [0.717, 1.165) is 19.4 Å². The molecule has 0 aliphatic carbocycles. The first-order valence-corrected chi connectivity index (χ1v) is 10.9. The van der Waals surface area contributed by atoms with E-state index in [9.17, 15) is 9.59 Å². The standard InChI is InChI=1S/C21H28N4O5S.2ClH/c1-13-7-5-6-8-25(13)12-22-20(27)15-11-31-21(23-15)24-19(26)14-9-17(29-3)18(30-4)10-16(14)28-2;;/h9-11,13H,5-8,12H2,1-4H3,(H,22,27)(H,23,24,26);2*1H. The molecular weight excluding hydrogens is 491 g/mol. The van der Waals surface area contributed by atoms with Gasteiger partial charge in [0.2, 0.25) is 0 Å². The van der Waals surface area contributed by atoms with Crippen molar-refractivity contribution >= 4 is 53.1 Å². The first-order chi connectivity index (χ1) is 15.0. The van der Waals surface area contributed by atoms with Crippen molar-refractivity contribution in [1.29, 1.82) is 0 Å². The zero-order valence-electron chi connectivity index (χ0n) is 19.0. The fourth-order valence-corrected chi connectivity index (χ4v) is 4.15. The van der Waals surface area contributed by atoms with Crippen molar-refractivity contribution in [2.24, 2.45) is 0 Å². The summed E-state index contributed by atoms with van der Waals surface area (Å²) in [6.45, 7) is 3.64. The Morgan fingerprint density at radius 3 is 2.36 bits per heavy atom. The zero-order chi connectivity index (χ0) is 22.4. The number of likely N-dealkylation sites (tertiary alicyclic amines) is 1. The predicted octanol–water partition coefficient (Wildman–Crippen LogP) is 3.83. The van der Waals surface area contributed by atoms with Crippen LogP contribution in [0.2, 0.25) is 0 Å². The number of thiazole rings is 1. The highest BCUT2D eigenvalue weighted by Crippen LogP contribution is 2.35. The first kappa shape index (κ1) is 28.8. The summed E-state index contributed by atoms with van der Waals surface area (Å²) in [5, 5.41) is 7.56. The number of nitrogens with zero attached hydrogens (tertiary/aromatic N) is 2. The average molecular weight is 521 g/mol. The van der Waals surface area contributed by atoms with Crippen LogP contribution in [0.3, 0.4) is 0 Å². The second-order valence-electron chi connectivity index (χ2n) is 7.22. The Morgan fingerprint density at radius 1 is 1.06 bits per heavy atom. The van der Waals surface area contributed by atoms with E-state index in [4.69, 9.17) is 14.2 Å². The van der Waals surface area contributed by atoms with Gasteiger partial charge >= 0.3 is 0 Å². The summed E-state index contributed by atoms with van der Waals surface area (Å²) >= 11 is 1.18. The molecule has 2 N–H and O–H groups in total. The molecule has 2 aromatic rings. The van der Waals surface area contributed by atoms with Gasteiger partial charge in [0.25, 0.3) is 11.8 Å². The molecule has 1 fully saturated rings. The minimum Gasteiger partial charge on any atom is -0.496 e. The molecule has 0 radical (unpaired) electrons. The first-order valence-electron chi connectivity index (χ1n) is 10.1. The number of nitrogens with one attached hydrogen (secondary N) is 2. The van der Waals surface area contributed by atoms with Crippen LogP contribution >= 0.6 is 36.2 Å². The number of rotatable bonds is 8. The molecule has 1 unspecified atom stereocenters. The third-order valence-electron chi connectivity index (χ3n) is 5.29. The maximum Gasteiger partial charge on any atom is 0.271 e. The fraction of sp³-hybridized carbons (Fsp3) is 0.476. The van der Waals surface area contributed by atoms with E-state index >= 15 is 0 Å². The van der Waals surface area contributed by atoms with E-state index < -0.39 is 5.91 Å². The summed E-state index contributed by atoms with van der Waals surface area (Å²) in [5.74, 6) is 0.492. The normalized spacial score (nSPS) is 15.5. The Hall–Kier alpha value is -2.27. The minimum atomic E-state index is -0.429. The number of anilines is 1. The molecule has 1 aromatic carbocycles. The van der Waals surface area contributed by atoms with Gasteiger partial charge < -0.3 is 19.5 Å². The predicted molar refractivity (Wildman–Crippen MR) is 133 cm³/mol. The number of aromatic nitrogens is 1. The number of hydrogen-bond acceptors (Lipinski definition) is 8. The van der Waals surface area contributed by atoms with Crippen molar-refractivity contribution in [2.45, 2.75) is 32.2 Å². The molecule has 1 aliphatic heterocycles. The Morgan fingerprint density at radius 2 is 1.73 bits per heavy atom. The van der Waals surface area contributed by atoms with Gasteiger partial charge in [-0.2, -0.15) is 0 Å². The molecular formula is C21H30Cl2N4O5S. The van der Waals surface area contributed by atoms with Gasteiger partial charge in [0.15, 0.2) is 16.6 Å². The minimum absolute atomic E-state index is 0. The van der Waals surface area contributed by atoms with Gasteiger partial charge in [0.05, 0.1) is 33.6 Å². The Kier molecular flexibility index (Phi) is 11.7. The van der Waals surface area contributed by atoms with E-state index in [2.05, 4.69) is 27.4 Å². The van der Waals surface area contributed by atoms with E-state index in [0.29, 0.717) is 35.1 Å². The molecule has 3 rings (SSSR count). The molecule has 184 valence electrons. The number of benzene rings is 1. The van der Waals surface area contributed by atoms with Crippen LogP contribution in [0.1, 0.15) is 47.0 Å². The Balaban J connectivity index is 0.00000272. The van der Waals surface area contributed by atoms with Gasteiger partial charge in [0.1, 0.15) is 11.4 Å². The molecule has 9 nitrogen and oxygen atoms in total. The van der Waals surface area contributed by atoms with Crippen LogP contribution in [0.25, 0.3) is 0 Å². The summed E-state index contributed by atoms with van der Waals surface area (Å²) in [4.78, 5) is 31.7. The lowest BCUT2D eigenvalue weighted by atomic mass is 10.0. The van der Waals surface area contributed by atoms with Gasteiger partial charge in [0, 0.05) is 30.1 Å². The van der Waals surface area contributed by atoms with Crippen LogP contribution in [0, 0.1) is 0 Å². The molecule has 1 aromatic heterocycles. The second kappa shape index (κ2) is 13.4. The molecule has 0 saturated carbocycles. The topological polar surface area (TPSA) is 102 Å². The van der Waals surface area contributed by atoms with Crippen LogP contribution in [-0.2, 0) is 0 Å². The van der Waals surface area contributed by atoms with Gasteiger partial charge in [-0.05, 0) is 19.8 Å². The van der Waals surface area contributed by atoms with Crippen LogP contribution in [0.5, 0.6) is 17.2 Å². The summed E-state index contributed by atoms with van der Waals surface area (Å²) < 4.78 is 15.8. The molecule has 0 bridgehead atoms. The van der Waals surface area contributed by atoms with Crippen LogP contribution in [0.4, 0.5) is 5.13 Å². The number of halogens is 2. The SMILES string of the molecule is COc1cc(OC)c(C(=O)Nc2nc(C(=O)NCN3CCCCC3C)cs2)cc1OC.Cl.Cl. The molecule has 2 amide bonds. The maximum absolute atomic E-state index is 12.8. The average Bonchev–Trinajstić information content (AvgIpc) is 3.25. The number of hydrogen-bond donors (Lipinski definition) is 2. The summed E-state index contributed by atoms with van der Waals surface area (Å²) in [5.41, 5.74) is 0.532. The third kappa shape index (κ3) is 7.10. The lowest BCUT2D eigenvalue weighted by Crippen LogP contribution is -2.45. The fourth-order valence-electron chi connectivity index (χ4n) is 3.46. The van der Waals surface area contributed by atoms with Crippen LogP contribution in [-0.4, -0.2) is 62.3 Å². The highest BCUT2D eigenvalue weighted by molar-refractivity contribution is 7.14. The quantitative estimate of drug-likeness (QED) is 0.545. The number of methoxy groups -OCH3 is 3. The van der Waals surface area contributed by atoms with Crippen LogP contribution < -0.4 is 24.8 Å². The smallest absolute Gasteiger partial charge is 0.271 e. The number of ether oxygens (including phenoxy) is 3. The number of amides is 2. The number of carbonyl (C=O) groups is 2. The van der Waals surface area contributed by atoms with Crippen molar-refractivity contribution in [2.75, 3.05) is 39.9 Å². The molecule has 1 atom stereocenters. The molecule has 2 heterocycles. The largest absolute Gasteiger partial charge is 0.496 e. The second-order valence-corrected chi connectivity index (χ2v) is 8.08. The molecule has 12 heteroatoms. The Bertz CT molecular complexity index is 943. The van der Waals surface area contributed by atoms with E-state index in [-0.39, 0.29) is 42.0 Å². The van der Waals surface area contributed by atoms with Crippen LogP contribution in [0.15, 0.2) is 17.5 Å². The molecule has 1 aliphatic rings. The highest BCUT2D eigenvalue weighted by atomic mass is 35.5.